The maximum Gasteiger partial charge on any atom is 0.193 e. The highest BCUT2D eigenvalue weighted by Crippen LogP contribution is 2.39. The molecule has 0 N–H and O–H groups in total. The molecule has 3 unspecified atom stereocenters. The maximum absolute atomic E-state index is 13.3. The highest BCUT2D eigenvalue weighted by Gasteiger charge is 2.25. The third-order valence-electron chi connectivity index (χ3n) is 6.24. The van der Waals surface area contributed by atoms with Crippen LogP contribution in [0.3, 0.4) is 0 Å². The van der Waals surface area contributed by atoms with Gasteiger partial charge in [-0.2, -0.15) is 0 Å². The Bertz CT molecular complexity index is 833. The third-order valence-corrected chi connectivity index (χ3v) is 7.26. The van der Waals surface area contributed by atoms with Gasteiger partial charge in [0.25, 0.3) is 0 Å². The normalized spacial score (nSPS) is 15.0. The third kappa shape index (κ3) is 6.35. The summed E-state index contributed by atoms with van der Waals surface area (Å²) in [5, 5.41) is 0. The van der Waals surface area contributed by atoms with Gasteiger partial charge >= 0.3 is 0 Å². The van der Waals surface area contributed by atoms with E-state index in [1.807, 2.05) is 48.5 Å². The van der Waals surface area contributed by atoms with Crippen LogP contribution in [0.2, 0.25) is 0 Å². The summed E-state index contributed by atoms with van der Waals surface area (Å²) >= 11 is 0. The lowest BCUT2D eigenvalue weighted by atomic mass is 9.85. The van der Waals surface area contributed by atoms with Crippen LogP contribution in [-0.4, -0.2) is 5.78 Å². The fraction of sp³-hybridized carbons (Fsp3) is 0.519. The van der Waals surface area contributed by atoms with Crippen LogP contribution in [-0.2, 0) is 9.98 Å². The van der Waals surface area contributed by atoms with Crippen LogP contribution in [0.15, 0.2) is 48.5 Å². The molecule has 0 heterocycles. The SMILES string of the molecule is CCC(C)CCCC(C)C(P=O)c1ccccc1C(=O)c1ccc(C(C)(C)C)cc1. The average Bonchev–Trinajstić information content (AvgIpc) is 2.73. The first kappa shape index (κ1) is 24.5. The highest BCUT2D eigenvalue weighted by molar-refractivity contribution is 7.24. The smallest absolute Gasteiger partial charge is 0.193 e. The second-order valence-electron chi connectivity index (χ2n) is 9.72. The Labute approximate surface area is 184 Å². The molecule has 2 nitrogen and oxygen atoms in total. The van der Waals surface area contributed by atoms with E-state index in [0.717, 1.165) is 24.3 Å². The van der Waals surface area contributed by atoms with Crippen molar-refractivity contribution in [1.29, 1.82) is 0 Å². The second-order valence-corrected chi connectivity index (χ2v) is 10.5. The van der Waals surface area contributed by atoms with Crippen molar-refractivity contribution in [2.75, 3.05) is 0 Å². The Kier molecular flexibility index (Phi) is 8.98. The Morgan fingerprint density at radius 1 is 0.967 bits per heavy atom. The van der Waals surface area contributed by atoms with E-state index in [-0.39, 0.29) is 31.2 Å². The quantitative estimate of drug-likeness (QED) is 0.283. The number of rotatable bonds is 10. The van der Waals surface area contributed by atoms with Crippen molar-refractivity contribution in [3.8, 4) is 0 Å². The zero-order chi connectivity index (χ0) is 22.3. The van der Waals surface area contributed by atoms with Gasteiger partial charge in [-0.1, -0.05) is 109 Å². The molecule has 0 amide bonds. The minimum Gasteiger partial charge on any atom is -0.289 e. The molecule has 0 radical (unpaired) electrons. The summed E-state index contributed by atoms with van der Waals surface area (Å²) in [6, 6.07) is 15.6. The molecule has 3 heteroatoms. The number of ketones is 1. The molecule has 2 aromatic rings. The number of benzene rings is 2. The van der Waals surface area contributed by atoms with E-state index in [1.165, 1.54) is 18.4 Å². The molecule has 162 valence electrons. The van der Waals surface area contributed by atoms with Gasteiger partial charge in [0, 0.05) is 11.1 Å². The lowest BCUT2D eigenvalue weighted by molar-refractivity contribution is 0.103. The predicted molar refractivity (Wildman–Crippen MR) is 128 cm³/mol. The molecule has 0 saturated heterocycles. The van der Waals surface area contributed by atoms with Crippen molar-refractivity contribution in [1.82, 2.24) is 0 Å². The summed E-state index contributed by atoms with van der Waals surface area (Å²) < 4.78 is 12.2. The van der Waals surface area contributed by atoms with Crippen LogP contribution in [0.5, 0.6) is 0 Å². The lowest BCUT2D eigenvalue weighted by Gasteiger charge is -2.22. The fourth-order valence-corrected chi connectivity index (χ4v) is 4.55. The summed E-state index contributed by atoms with van der Waals surface area (Å²) in [5.74, 6) is 0.988. The summed E-state index contributed by atoms with van der Waals surface area (Å²) in [5.41, 5.74) is 3.35. The zero-order valence-corrected chi connectivity index (χ0v) is 20.3. The van der Waals surface area contributed by atoms with E-state index < -0.39 is 0 Å². The number of hydrogen-bond donors (Lipinski definition) is 0. The van der Waals surface area contributed by atoms with E-state index in [0.29, 0.717) is 11.1 Å². The molecule has 2 rings (SSSR count). The topological polar surface area (TPSA) is 34.1 Å². The predicted octanol–water partition coefficient (Wildman–Crippen LogP) is 8.40. The van der Waals surface area contributed by atoms with E-state index >= 15 is 0 Å². The fourth-order valence-electron chi connectivity index (χ4n) is 3.86. The number of carbonyl (C=O) groups excluding carboxylic acids is 1. The maximum atomic E-state index is 13.3. The van der Waals surface area contributed by atoms with Crippen LogP contribution in [0.25, 0.3) is 0 Å². The van der Waals surface area contributed by atoms with Gasteiger partial charge in [-0.25, -0.2) is 0 Å². The molecular formula is C27H37O2P. The first-order chi connectivity index (χ1) is 14.2. The van der Waals surface area contributed by atoms with E-state index in [9.17, 15) is 9.36 Å². The van der Waals surface area contributed by atoms with E-state index in [2.05, 4.69) is 41.5 Å². The van der Waals surface area contributed by atoms with Crippen LogP contribution >= 0.6 is 8.46 Å². The Balaban J connectivity index is 2.24. The molecule has 0 aliphatic carbocycles. The zero-order valence-electron chi connectivity index (χ0n) is 19.4. The molecule has 0 bridgehead atoms. The number of hydrogen-bond acceptors (Lipinski definition) is 2. The minimum absolute atomic E-state index is 0.00603. The summed E-state index contributed by atoms with van der Waals surface area (Å²) in [7, 11) is 0.0868. The van der Waals surface area contributed by atoms with Gasteiger partial charge in [-0.05, 0) is 34.8 Å². The molecule has 3 atom stereocenters. The van der Waals surface area contributed by atoms with Crippen molar-refractivity contribution >= 4 is 14.2 Å². The van der Waals surface area contributed by atoms with Crippen molar-refractivity contribution in [3.63, 3.8) is 0 Å². The van der Waals surface area contributed by atoms with Crippen molar-refractivity contribution < 1.29 is 9.36 Å². The molecule has 0 aromatic heterocycles. The van der Waals surface area contributed by atoms with Crippen molar-refractivity contribution in [2.24, 2.45) is 11.8 Å². The Morgan fingerprint density at radius 2 is 1.60 bits per heavy atom. The van der Waals surface area contributed by atoms with Crippen LogP contribution < -0.4 is 0 Å². The van der Waals surface area contributed by atoms with E-state index in [1.54, 1.807) is 0 Å². The monoisotopic (exact) mass is 424 g/mol. The molecule has 2 aromatic carbocycles. The molecule has 0 saturated carbocycles. The molecule has 0 aliphatic rings. The molecule has 0 fully saturated rings. The van der Waals surface area contributed by atoms with Gasteiger partial charge in [0.15, 0.2) is 14.2 Å². The van der Waals surface area contributed by atoms with Crippen molar-refractivity contribution in [2.45, 2.75) is 78.3 Å². The first-order valence-electron chi connectivity index (χ1n) is 11.3. The standard InChI is InChI=1S/C27H37O2P/c1-7-19(2)11-10-12-20(3)26(30-29)24-14-9-8-13-23(24)25(28)21-15-17-22(18-16-21)27(4,5)6/h8-9,13-20,26H,7,10-12H2,1-6H3. The van der Waals surface area contributed by atoms with E-state index in [4.69, 9.17) is 0 Å². The minimum atomic E-state index is -0.157. The summed E-state index contributed by atoms with van der Waals surface area (Å²) in [6.07, 6.45) is 4.55. The Morgan fingerprint density at radius 3 is 2.17 bits per heavy atom. The van der Waals surface area contributed by atoms with Gasteiger partial charge in [-0.15, -0.1) is 0 Å². The molecular weight excluding hydrogens is 387 g/mol. The van der Waals surface area contributed by atoms with Gasteiger partial charge in [0.05, 0.1) is 5.66 Å². The van der Waals surface area contributed by atoms with Gasteiger partial charge < -0.3 is 0 Å². The average molecular weight is 425 g/mol. The summed E-state index contributed by atoms with van der Waals surface area (Å²) in [6.45, 7) is 13.2. The number of carbonyl (C=O) groups is 1. The van der Waals surface area contributed by atoms with Crippen molar-refractivity contribution in [3.05, 3.63) is 70.8 Å². The van der Waals surface area contributed by atoms with Crippen LogP contribution in [0.1, 0.15) is 99.9 Å². The highest BCUT2D eigenvalue weighted by atomic mass is 31.1. The Hall–Kier alpha value is -1.79. The van der Waals surface area contributed by atoms with Gasteiger partial charge in [0.2, 0.25) is 0 Å². The van der Waals surface area contributed by atoms with Gasteiger partial charge in [0.1, 0.15) is 0 Å². The summed E-state index contributed by atoms with van der Waals surface area (Å²) in [4.78, 5) is 13.3. The van der Waals surface area contributed by atoms with Crippen LogP contribution in [0, 0.1) is 11.8 Å². The lowest BCUT2D eigenvalue weighted by Crippen LogP contribution is -2.13. The second kappa shape index (κ2) is 11.0. The molecule has 0 spiro atoms. The first-order valence-corrected chi connectivity index (χ1v) is 12.1. The largest absolute Gasteiger partial charge is 0.289 e. The van der Waals surface area contributed by atoms with Gasteiger partial charge in [-0.3, -0.25) is 9.36 Å². The molecule has 30 heavy (non-hydrogen) atoms. The molecule has 0 aliphatic heterocycles. The van der Waals surface area contributed by atoms with Crippen LogP contribution in [0.4, 0.5) is 0 Å².